The Balaban J connectivity index is 1.94. The van der Waals surface area contributed by atoms with Crippen molar-refractivity contribution in [3.05, 3.63) is 6.20 Å². The minimum Gasteiger partial charge on any atom is -0.861 e. The van der Waals surface area contributed by atoms with Gasteiger partial charge >= 0.3 is 5.88 Å². The van der Waals surface area contributed by atoms with Crippen LogP contribution in [-0.4, -0.2) is 41.2 Å². The molecule has 0 aromatic carbocycles. The van der Waals surface area contributed by atoms with Gasteiger partial charge in [-0.2, -0.15) is 5.01 Å². The number of nitrogens with two attached hydrogens (primary N) is 1. The van der Waals surface area contributed by atoms with E-state index in [1.54, 1.807) is 19.1 Å². The minimum atomic E-state index is -0.346. The maximum absolute atomic E-state index is 11.6. The van der Waals surface area contributed by atoms with Gasteiger partial charge in [-0.3, -0.25) is 4.52 Å². The Bertz CT molecular complexity index is 579. The summed E-state index contributed by atoms with van der Waals surface area (Å²) in [4.78, 5) is 5.19. The van der Waals surface area contributed by atoms with Crippen molar-refractivity contribution in [2.75, 3.05) is 30.6 Å². The fourth-order valence-electron chi connectivity index (χ4n) is 1.02. The molecule has 2 aromatic rings. The Morgan fingerprint density at radius 2 is 2.42 bits per heavy atom. The highest BCUT2D eigenvalue weighted by Crippen LogP contribution is 2.23. The smallest absolute Gasteiger partial charge is 0.324 e. The number of thioether (sulfide) groups is 1. The fraction of sp³-hybridized carbons (Fsp3) is 0.375. The molecule has 2 rings (SSSR count). The second-order valence-electron chi connectivity index (χ2n) is 3.51. The number of hydrogen-bond acceptors (Lipinski definition) is 10. The molecule has 2 N–H and O–H groups in total. The fourth-order valence-corrected chi connectivity index (χ4v) is 2.45. The maximum atomic E-state index is 11.6. The van der Waals surface area contributed by atoms with Crippen LogP contribution in [0.5, 0.6) is 0 Å². The third-order valence-corrected chi connectivity index (χ3v) is 3.70. The molecule has 102 valence electrons. The van der Waals surface area contributed by atoms with Crippen LogP contribution in [0, 0.1) is 0 Å². The molecule has 0 radical (unpaired) electrons. The molecule has 0 bridgehead atoms. The summed E-state index contributed by atoms with van der Waals surface area (Å²) >= 11 is 2.45. The summed E-state index contributed by atoms with van der Waals surface area (Å²) < 4.78 is 5.51. The second-order valence-corrected chi connectivity index (χ2v) is 5.74. The zero-order valence-electron chi connectivity index (χ0n) is 10.2. The predicted octanol–water partition coefficient (Wildman–Crippen LogP) is -1.22. The van der Waals surface area contributed by atoms with Crippen LogP contribution in [0.3, 0.4) is 0 Å². The SMILES string of the molecule is CN(C)[n+]1cc(/N=C(/[O-])CSc2nnc(N)s2)on1. The van der Waals surface area contributed by atoms with E-state index in [-0.39, 0.29) is 17.5 Å². The van der Waals surface area contributed by atoms with E-state index in [1.807, 2.05) is 0 Å². The van der Waals surface area contributed by atoms with Crippen molar-refractivity contribution in [2.45, 2.75) is 4.34 Å². The summed E-state index contributed by atoms with van der Waals surface area (Å²) in [7, 11) is 3.56. The van der Waals surface area contributed by atoms with Crippen LogP contribution in [0.2, 0.25) is 0 Å². The third-order valence-electron chi connectivity index (χ3n) is 1.83. The molecule has 19 heavy (non-hydrogen) atoms. The van der Waals surface area contributed by atoms with Crippen LogP contribution < -0.4 is 20.6 Å². The largest absolute Gasteiger partial charge is 0.861 e. The van der Waals surface area contributed by atoms with Crippen molar-refractivity contribution in [1.82, 2.24) is 15.5 Å². The van der Waals surface area contributed by atoms with E-state index in [2.05, 4.69) is 20.5 Å². The highest BCUT2D eigenvalue weighted by atomic mass is 32.2. The monoisotopic (exact) mass is 301 g/mol. The summed E-state index contributed by atoms with van der Waals surface area (Å²) in [5, 5.41) is 24.7. The number of anilines is 1. The number of nitrogens with zero attached hydrogens (tertiary/aromatic N) is 6. The second kappa shape index (κ2) is 5.84. The quantitative estimate of drug-likeness (QED) is 0.315. The van der Waals surface area contributed by atoms with Crippen LogP contribution in [0.25, 0.3) is 0 Å². The van der Waals surface area contributed by atoms with Crippen molar-refractivity contribution in [3.8, 4) is 0 Å². The Morgan fingerprint density at radius 1 is 1.63 bits per heavy atom. The van der Waals surface area contributed by atoms with Gasteiger partial charge < -0.3 is 10.8 Å². The molecule has 0 fully saturated rings. The van der Waals surface area contributed by atoms with Gasteiger partial charge in [0.2, 0.25) is 10.4 Å². The zero-order chi connectivity index (χ0) is 13.8. The molecule has 0 atom stereocenters. The van der Waals surface area contributed by atoms with Gasteiger partial charge in [-0.1, -0.05) is 23.1 Å². The number of aromatic nitrogens is 4. The summed E-state index contributed by atoms with van der Waals surface area (Å²) in [5.41, 5.74) is 5.43. The summed E-state index contributed by atoms with van der Waals surface area (Å²) in [5.74, 6) is -0.0611. The molecule has 0 saturated carbocycles. The first kappa shape index (κ1) is 13.5. The van der Waals surface area contributed by atoms with E-state index in [9.17, 15) is 5.11 Å². The van der Waals surface area contributed by atoms with E-state index < -0.39 is 0 Å². The lowest BCUT2D eigenvalue weighted by Crippen LogP contribution is -2.53. The Labute approximate surface area is 116 Å². The van der Waals surface area contributed by atoms with Crippen LogP contribution in [0.1, 0.15) is 0 Å². The molecule has 0 unspecified atom stereocenters. The first-order valence-corrected chi connectivity index (χ1v) is 6.87. The van der Waals surface area contributed by atoms with Crippen molar-refractivity contribution in [1.29, 1.82) is 0 Å². The average Bonchev–Trinajstić information content (AvgIpc) is 2.96. The molecule has 11 heteroatoms. The highest BCUT2D eigenvalue weighted by molar-refractivity contribution is 8.01. The topological polar surface area (TPSA) is 120 Å². The van der Waals surface area contributed by atoms with Crippen LogP contribution in [0.4, 0.5) is 11.0 Å². The average molecular weight is 301 g/mol. The first-order chi connectivity index (χ1) is 9.04. The first-order valence-electron chi connectivity index (χ1n) is 5.07. The van der Waals surface area contributed by atoms with Crippen LogP contribution in [-0.2, 0) is 0 Å². The molecule has 0 aliphatic rings. The van der Waals surface area contributed by atoms with E-state index >= 15 is 0 Å². The molecule has 2 aromatic heterocycles. The summed E-state index contributed by atoms with van der Waals surface area (Å²) in [6.07, 6.45) is 1.51. The van der Waals surface area contributed by atoms with Gasteiger partial charge in [-0.15, -0.1) is 10.2 Å². The van der Waals surface area contributed by atoms with Gasteiger partial charge in [0.15, 0.2) is 4.34 Å². The molecule has 0 aliphatic carbocycles. The number of aliphatic imine (C=N–C) groups is 1. The molecule has 0 saturated heterocycles. The van der Waals surface area contributed by atoms with Gasteiger partial charge in [0.25, 0.3) is 6.20 Å². The highest BCUT2D eigenvalue weighted by Gasteiger charge is 2.12. The summed E-state index contributed by atoms with van der Waals surface area (Å²) in [6.45, 7) is 0. The summed E-state index contributed by atoms with van der Waals surface area (Å²) in [6, 6.07) is 0. The van der Waals surface area contributed by atoms with Crippen LogP contribution in [0.15, 0.2) is 20.1 Å². The molecular weight excluding hydrogens is 290 g/mol. The minimum absolute atomic E-state index is 0.136. The van der Waals surface area contributed by atoms with Crippen LogP contribution >= 0.6 is 23.1 Å². The lowest BCUT2D eigenvalue weighted by molar-refractivity contribution is -0.753. The van der Waals surface area contributed by atoms with Gasteiger partial charge in [0, 0.05) is 5.75 Å². The Morgan fingerprint density at radius 3 is 3.00 bits per heavy atom. The van der Waals surface area contributed by atoms with E-state index in [0.717, 1.165) is 0 Å². The molecule has 0 spiro atoms. The number of nitrogen functional groups attached to an aromatic ring is 1. The third kappa shape index (κ3) is 3.79. The van der Waals surface area contributed by atoms with Gasteiger partial charge in [-0.25, -0.2) is 4.99 Å². The van der Waals surface area contributed by atoms with Gasteiger partial charge in [-0.05, 0) is 5.90 Å². The van der Waals surface area contributed by atoms with Crippen molar-refractivity contribution < 1.29 is 14.4 Å². The van der Waals surface area contributed by atoms with Gasteiger partial charge in [0.05, 0.1) is 18.9 Å². The standard InChI is InChI=1S/C8H11N7O2S2/c1-14(2)15-3-6(17-13-15)10-5(16)4-18-8-12-11-7(9)19-8/h3H,4H2,1-2H3,(H2-,9,10,11,13,16). The van der Waals surface area contributed by atoms with Crippen molar-refractivity contribution in [2.24, 2.45) is 4.99 Å². The number of rotatable bonds is 5. The Hall–Kier alpha value is -1.88. The lowest BCUT2D eigenvalue weighted by Gasteiger charge is -2.05. The molecule has 2 heterocycles. The van der Waals surface area contributed by atoms with Crippen molar-refractivity contribution in [3.63, 3.8) is 0 Å². The normalized spacial score (nSPS) is 11.8. The van der Waals surface area contributed by atoms with E-state index in [1.165, 1.54) is 34.1 Å². The maximum Gasteiger partial charge on any atom is 0.324 e. The Kier molecular flexibility index (Phi) is 4.16. The molecule has 0 amide bonds. The van der Waals surface area contributed by atoms with Gasteiger partial charge in [0.1, 0.15) is 0 Å². The zero-order valence-corrected chi connectivity index (χ0v) is 11.8. The van der Waals surface area contributed by atoms with Crippen molar-refractivity contribution >= 4 is 40.0 Å². The molecular formula is C8H11N7O2S2. The molecule has 9 nitrogen and oxygen atoms in total. The van der Waals surface area contributed by atoms with E-state index in [0.29, 0.717) is 9.47 Å². The number of hydrogen-bond donors (Lipinski definition) is 1. The predicted molar refractivity (Wildman–Crippen MR) is 68.9 cm³/mol. The van der Waals surface area contributed by atoms with E-state index in [4.69, 9.17) is 10.3 Å². The molecule has 0 aliphatic heterocycles. The lowest BCUT2D eigenvalue weighted by atomic mass is 10.7.